The van der Waals surface area contributed by atoms with Gasteiger partial charge in [0, 0.05) is 31.6 Å². The maximum atomic E-state index is 12.6. The quantitative estimate of drug-likeness (QED) is 0.400. The monoisotopic (exact) mass is 483 g/mol. The highest BCUT2D eigenvalue weighted by Gasteiger charge is 2.17. The largest absolute Gasteiger partial charge is 0.444 e. The standard InChI is InChI=1S/C22H22BrN5O3/c23-19-8-7-18(30-19)22-25-21(26-31-22)15-5-6-17-16(13-15)24-14-28(17)12-9-20(29)27-10-3-1-2-4-11-27/h5-8,13-14H,1-4,9-12H2. The predicted molar refractivity (Wildman–Crippen MR) is 118 cm³/mol. The van der Waals surface area contributed by atoms with Crippen LogP contribution in [0.15, 0.2) is 50.3 Å². The molecule has 0 radical (unpaired) electrons. The Balaban J connectivity index is 1.30. The zero-order valence-corrected chi connectivity index (χ0v) is 18.5. The molecule has 3 aromatic heterocycles. The van der Waals surface area contributed by atoms with Gasteiger partial charge < -0.3 is 18.4 Å². The van der Waals surface area contributed by atoms with E-state index in [0.717, 1.165) is 42.5 Å². The zero-order chi connectivity index (χ0) is 21.2. The number of carbonyl (C=O) groups excluding carboxylic acids is 1. The SMILES string of the molecule is O=C(CCn1cnc2cc(-c3noc(-c4ccc(Br)o4)n3)ccc21)N1CCCCCC1. The van der Waals surface area contributed by atoms with Crippen molar-refractivity contribution in [2.75, 3.05) is 13.1 Å². The average Bonchev–Trinajstić information content (AvgIpc) is 3.47. The maximum Gasteiger partial charge on any atom is 0.293 e. The molecule has 0 N–H and O–H groups in total. The number of furan rings is 1. The molecule has 160 valence electrons. The number of aryl methyl sites for hydroxylation is 1. The summed E-state index contributed by atoms with van der Waals surface area (Å²) in [5.74, 6) is 1.52. The summed E-state index contributed by atoms with van der Waals surface area (Å²) in [6.45, 7) is 2.38. The molecule has 4 aromatic rings. The molecule has 0 aliphatic carbocycles. The van der Waals surface area contributed by atoms with E-state index < -0.39 is 0 Å². The number of imidazole rings is 1. The molecule has 1 aromatic carbocycles. The van der Waals surface area contributed by atoms with Crippen molar-refractivity contribution in [3.05, 3.63) is 41.3 Å². The Morgan fingerprint density at radius 2 is 1.94 bits per heavy atom. The first-order chi connectivity index (χ1) is 15.2. The normalized spacial score (nSPS) is 14.8. The number of nitrogens with zero attached hydrogens (tertiary/aromatic N) is 5. The molecule has 0 bridgehead atoms. The van der Waals surface area contributed by atoms with Gasteiger partial charge in [0.05, 0.1) is 17.4 Å². The van der Waals surface area contributed by atoms with Crippen LogP contribution in [0.3, 0.4) is 0 Å². The lowest BCUT2D eigenvalue weighted by atomic mass is 10.2. The number of carbonyl (C=O) groups is 1. The van der Waals surface area contributed by atoms with Crippen LogP contribution in [-0.2, 0) is 11.3 Å². The molecule has 8 nitrogen and oxygen atoms in total. The molecule has 1 fully saturated rings. The van der Waals surface area contributed by atoms with Gasteiger partial charge in [-0.2, -0.15) is 4.98 Å². The maximum absolute atomic E-state index is 12.6. The van der Waals surface area contributed by atoms with E-state index in [9.17, 15) is 4.79 Å². The van der Waals surface area contributed by atoms with Crippen LogP contribution in [0.2, 0.25) is 0 Å². The smallest absolute Gasteiger partial charge is 0.293 e. The van der Waals surface area contributed by atoms with Gasteiger partial charge in [-0.3, -0.25) is 4.79 Å². The summed E-state index contributed by atoms with van der Waals surface area (Å²) in [5.41, 5.74) is 2.61. The van der Waals surface area contributed by atoms with Crippen LogP contribution >= 0.6 is 15.9 Å². The third-order valence-corrected chi connectivity index (χ3v) is 6.04. The fourth-order valence-corrected chi connectivity index (χ4v) is 4.25. The molecule has 1 saturated heterocycles. The van der Waals surface area contributed by atoms with E-state index in [2.05, 4.69) is 31.1 Å². The number of benzene rings is 1. The molecule has 1 amide bonds. The van der Waals surface area contributed by atoms with Gasteiger partial charge in [0.15, 0.2) is 10.4 Å². The molecule has 31 heavy (non-hydrogen) atoms. The average molecular weight is 484 g/mol. The number of rotatable bonds is 5. The lowest BCUT2D eigenvalue weighted by Gasteiger charge is -2.20. The van der Waals surface area contributed by atoms with Crippen molar-refractivity contribution in [1.82, 2.24) is 24.6 Å². The summed E-state index contributed by atoms with van der Waals surface area (Å²) in [6, 6.07) is 9.38. The first-order valence-corrected chi connectivity index (χ1v) is 11.3. The Morgan fingerprint density at radius 3 is 2.71 bits per heavy atom. The first kappa shape index (κ1) is 20.0. The van der Waals surface area contributed by atoms with Crippen LogP contribution in [0, 0.1) is 0 Å². The summed E-state index contributed by atoms with van der Waals surface area (Å²) in [7, 11) is 0. The van der Waals surface area contributed by atoms with Crippen molar-refractivity contribution in [2.45, 2.75) is 38.6 Å². The molecule has 0 atom stereocenters. The van der Waals surface area contributed by atoms with Gasteiger partial charge >= 0.3 is 0 Å². The van der Waals surface area contributed by atoms with Crippen molar-refractivity contribution in [3.63, 3.8) is 0 Å². The number of amides is 1. The second kappa shape index (κ2) is 8.66. The lowest BCUT2D eigenvalue weighted by Crippen LogP contribution is -2.32. The molecule has 1 aliphatic heterocycles. The van der Waals surface area contributed by atoms with Gasteiger partial charge in [-0.15, -0.1) is 0 Å². The van der Waals surface area contributed by atoms with E-state index in [0.29, 0.717) is 35.1 Å². The van der Waals surface area contributed by atoms with Crippen LogP contribution < -0.4 is 0 Å². The van der Waals surface area contributed by atoms with Crippen molar-refractivity contribution < 1.29 is 13.7 Å². The van der Waals surface area contributed by atoms with Gasteiger partial charge in [0.2, 0.25) is 11.7 Å². The van der Waals surface area contributed by atoms with Crippen LogP contribution in [0.5, 0.6) is 0 Å². The minimum absolute atomic E-state index is 0.226. The van der Waals surface area contributed by atoms with E-state index in [-0.39, 0.29) is 5.91 Å². The molecular formula is C22H22BrN5O3. The number of fused-ring (bicyclic) bond motifs is 1. The molecule has 5 rings (SSSR count). The summed E-state index contributed by atoms with van der Waals surface area (Å²) < 4.78 is 13.4. The molecule has 0 unspecified atom stereocenters. The highest BCUT2D eigenvalue weighted by atomic mass is 79.9. The minimum atomic E-state index is 0.226. The molecular weight excluding hydrogens is 462 g/mol. The zero-order valence-electron chi connectivity index (χ0n) is 17.0. The highest BCUT2D eigenvalue weighted by molar-refractivity contribution is 9.10. The second-order valence-electron chi connectivity index (χ2n) is 7.71. The fraction of sp³-hybridized carbons (Fsp3) is 0.364. The molecule has 0 spiro atoms. The van der Waals surface area contributed by atoms with Gasteiger partial charge in [-0.05, 0) is 59.1 Å². The Labute approximate surface area is 187 Å². The number of hydrogen-bond donors (Lipinski definition) is 0. The summed E-state index contributed by atoms with van der Waals surface area (Å²) in [5, 5.41) is 4.06. The third-order valence-electron chi connectivity index (χ3n) is 5.61. The van der Waals surface area contributed by atoms with Crippen molar-refractivity contribution in [3.8, 4) is 23.0 Å². The molecule has 0 saturated carbocycles. The van der Waals surface area contributed by atoms with Gasteiger partial charge in [0.25, 0.3) is 5.89 Å². The topological polar surface area (TPSA) is 90.2 Å². The highest BCUT2D eigenvalue weighted by Crippen LogP contribution is 2.27. The third kappa shape index (κ3) is 4.27. The van der Waals surface area contributed by atoms with Crippen LogP contribution in [0.25, 0.3) is 34.1 Å². The minimum Gasteiger partial charge on any atom is -0.444 e. The first-order valence-electron chi connectivity index (χ1n) is 10.5. The van der Waals surface area contributed by atoms with E-state index >= 15 is 0 Å². The van der Waals surface area contributed by atoms with E-state index in [1.54, 1.807) is 18.5 Å². The van der Waals surface area contributed by atoms with Crippen molar-refractivity contribution in [2.24, 2.45) is 0 Å². The van der Waals surface area contributed by atoms with E-state index in [4.69, 9.17) is 8.94 Å². The predicted octanol–water partition coefficient (Wildman–Crippen LogP) is 4.90. The summed E-state index contributed by atoms with van der Waals surface area (Å²) >= 11 is 3.27. The number of hydrogen-bond acceptors (Lipinski definition) is 6. The van der Waals surface area contributed by atoms with Crippen LogP contribution in [0.4, 0.5) is 0 Å². The van der Waals surface area contributed by atoms with Crippen molar-refractivity contribution >= 4 is 32.9 Å². The fourth-order valence-electron chi connectivity index (χ4n) is 3.95. The van der Waals surface area contributed by atoms with Gasteiger partial charge in [-0.25, -0.2) is 4.98 Å². The van der Waals surface area contributed by atoms with E-state index in [1.807, 2.05) is 27.7 Å². The Morgan fingerprint density at radius 1 is 1.10 bits per heavy atom. The molecule has 4 heterocycles. The van der Waals surface area contributed by atoms with Gasteiger partial charge in [-0.1, -0.05) is 18.0 Å². The lowest BCUT2D eigenvalue weighted by molar-refractivity contribution is -0.131. The van der Waals surface area contributed by atoms with Crippen LogP contribution in [-0.4, -0.2) is 43.6 Å². The Bertz CT molecular complexity index is 1200. The molecule has 1 aliphatic rings. The number of halogens is 1. The second-order valence-corrected chi connectivity index (χ2v) is 8.49. The van der Waals surface area contributed by atoms with Crippen molar-refractivity contribution in [1.29, 1.82) is 0 Å². The Hall–Kier alpha value is -2.94. The van der Waals surface area contributed by atoms with Crippen LogP contribution in [0.1, 0.15) is 32.1 Å². The molecule has 9 heteroatoms. The van der Waals surface area contributed by atoms with E-state index in [1.165, 1.54) is 12.8 Å². The number of likely N-dealkylation sites (tertiary alicyclic amines) is 1. The number of aromatic nitrogens is 4. The Kier molecular flexibility index (Phi) is 5.59. The van der Waals surface area contributed by atoms with Gasteiger partial charge in [0.1, 0.15) is 0 Å². The summed E-state index contributed by atoms with van der Waals surface area (Å²) in [4.78, 5) is 23.5. The summed E-state index contributed by atoms with van der Waals surface area (Å²) in [6.07, 6.45) is 6.93.